The van der Waals surface area contributed by atoms with Crippen LogP contribution in [-0.2, 0) is 0 Å². The van der Waals surface area contributed by atoms with Crippen molar-refractivity contribution < 1.29 is 0 Å². The van der Waals surface area contributed by atoms with Crippen molar-refractivity contribution in [1.82, 2.24) is 0 Å². The topological polar surface area (TPSA) is 0 Å². The highest BCUT2D eigenvalue weighted by atomic mass is 14.0. The van der Waals surface area contributed by atoms with Crippen molar-refractivity contribution in [2.24, 2.45) is 0 Å². The van der Waals surface area contributed by atoms with Crippen molar-refractivity contribution in [3.63, 3.8) is 0 Å². The summed E-state index contributed by atoms with van der Waals surface area (Å²) in [5.41, 5.74) is 4.93. The highest BCUT2D eigenvalue weighted by Gasteiger charge is 1.96. The molecule has 1 aromatic carbocycles. The zero-order valence-corrected chi connectivity index (χ0v) is 8.01. The maximum Gasteiger partial charge on any atom is 0.0233 e. The Kier molecular flexibility index (Phi) is 2.33. The Morgan fingerprint density at radius 2 is 2.15 bits per heavy atom. The second-order valence-corrected chi connectivity index (χ2v) is 3.47. The highest BCUT2D eigenvalue weighted by molar-refractivity contribution is 5.43. The van der Waals surface area contributed by atoms with Crippen LogP contribution in [0.2, 0.25) is 0 Å². The first kappa shape index (κ1) is 8.34. The largest absolute Gasteiger partial charge is 0.113 e. The van der Waals surface area contributed by atoms with E-state index in [-0.39, 0.29) is 0 Å². The van der Waals surface area contributed by atoms with E-state index in [1.54, 1.807) is 0 Å². The van der Waals surface area contributed by atoms with Crippen LogP contribution in [0.5, 0.6) is 0 Å². The van der Waals surface area contributed by atoms with Crippen LogP contribution in [0.4, 0.5) is 0 Å². The molecule has 0 bridgehead atoms. The maximum atomic E-state index is 3.48. The third-order valence-corrected chi connectivity index (χ3v) is 2.39. The van der Waals surface area contributed by atoms with Gasteiger partial charge < -0.3 is 0 Å². The molecule has 0 fully saturated rings. The Labute approximate surface area is 78.9 Å². The minimum Gasteiger partial charge on any atom is -0.113 e. The smallest absolute Gasteiger partial charge is 0.0233 e. The SMILES string of the molecule is CCCC1=C=c2ccccc2=CC1. The second kappa shape index (κ2) is 3.64. The molecule has 66 valence electrons. The van der Waals surface area contributed by atoms with E-state index in [1.807, 2.05) is 0 Å². The van der Waals surface area contributed by atoms with Crippen molar-refractivity contribution >= 4 is 11.8 Å². The third kappa shape index (κ3) is 1.74. The van der Waals surface area contributed by atoms with Gasteiger partial charge in [-0.05, 0) is 29.7 Å². The van der Waals surface area contributed by atoms with Crippen LogP contribution in [0.25, 0.3) is 11.8 Å². The summed E-state index contributed by atoms with van der Waals surface area (Å²) in [6, 6.07) is 8.46. The number of hydrogen-bond acceptors (Lipinski definition) is 0. The summed E-state index contributed by atoms with van der Waals surface area (Å²) in [5.74, 6) is 0. The quantitative estimate of drug-likeness (QED) is 0.636. The molecule has 0 aromatic heterocycles. The van der Waals surface area contributed by atoms with Gasteiger partial charge in [-0.15, -0.1) is 5.73 Å². The third-order valence-electron chi connectivity index (χ3n) is 2.39. The van der Waals surface area contributed by atoms with Gasteiger partial charge in [0.2, 0.25) is 0 Å². The van der Waals surface area contributed by atoms with Crippen molar-refractivity contribution in [3.05, 3.63) is 40.3 Å². The zero-order chi connectivity index (χ0) is 9.10. The Bertz CT molecular complexity index is 445. The lowest BCUT2D eigenvalue weighted by atomic mass is 10.0. The van der Waals surface area contributed by atoms with Crippen molar-refractivity contribution in [2.75, 3.05) is 0 Å². The van der Waals surface area contributed by atoms with Crippen molar-refractivity contribution in [3.8, 4) is 0 Å². The van der Waals surface area contributed by atoms with Gasteiger partial charge in [-0.25, -0.2) is 0 Å². The minimum atomic E-state index is 1.09. The summed E-state index contributed by atoms with van der Waals surface area (Å²) < 4.78 is 0. The molecule has 1 aliphatic rings. The average Bonchev–Trinajstić information content (AvgIpc) is 2.18. The number of allylic oxidation sites excluding steroid dienone is 1. The molecule has 0 spiro atoms. The van der Waals surface area contributed by atoms with Gasteiger partial charge in [0.1, 0.15) is 0 Å². The molecule has 0 nitrogen and oxygen atoms in total. The van der Waals surface area contributed by atoms with Gasteiger partial charge in [0.25, 0.3) is 0 Å². The average molecular weight is 170 g/mol. The fraction of sp³-hybridized carbons (Fsp3) is 0.308. The molecule has 0 radical (unpaired) electrons. The van der Waals surface area contributed by atoms with Gasteiger partial charge >= 0.3 is 0 Å². The van der Waals surface area contributed by atoms with E-state index in [0.717, 1.165) is 6.42 Å². The normalized spacial score (nSPS) is 13.8. The summed E-state index contributed by atoms with van der Waals surface area (Å²) in [4.78, 5) is 0. The van der Waals surface area contributed by atoms with Crippen molar-refractivity contribution in [1.29, 1.82) is 0 Å². The van der Waals surface area contributed by atoms with Crippen LogP contribution in [-0.4, -0.2) is 0 Å². The number of rotatable bonds is 2. The molecule has 0 saturated carbocycles. The molecule has 0 saturated heterocycles. The van der Waals surface area contributed by atoms with Crippen LogP contribution in [0.15, 0.2) is 29.8 Å². The maximum absolute atomic E-state index is 3.48. The monoisotopic (exact) mass is 170 g/mol. The molecular weight excluding hydrogens is 156 g/mol. The molecule has 1 aromatic rings. The van der Waals surface area contributed by atoms with Crippen LogP contribution in [0.1, 0.15) is 26.2 Å². The lowest BCUT2D eigenvalue weighted by Crippen LogP contribution is -2.24. The van der Waals surface area contributed by atoms with Gasteiger partial charge in [-0.2, -0.15) is 0 Å². The highest BCUT2D eigenvalue weighted by Crippen LogP contribution is 2.09. The Morgan fingerprint density at radius 1 is 1.31 bits per heavy atom. The predicted molar refractivity (Wildman–Crippen MR) is 56.6 cm³/mol. The lowest BCUT2D eigenvalue weighted by Gasteiger charge is -2.02. The number of hydrogen-bond donors (Lipinski definition) is 0. The molecule has 0 amide bonds. The molecule has 13 heavy (non-hydrogen) atoms. The van der Waals surface area contributed by atoms with Crippen molar-refractivity contribution in [2.45, 2.75) is 26.2 Å². The molecule has 0 aliphatic heterocycles. The number of benzene rings is 1. The summed E-state index contributed by atoms with van der Waals surface area (Å²) in [7, 11) is 0. The fourth-order valence-corrected chi connectivity index (χ4v) is 1.73. The molecule has 0 unspecified atom stereocenters. The Hall–Kier alpha value is -1.26. The molecule has 0 atom stereocenters. The van der Waals surface area contributed by atoms with Gasteiger partial charge in [0.15, 0.2) is 0 Å². The number of fused-ring (bicyclic) bond motifs is 1. The molecule has 0 heteroatoms. The molecule has 1 aliphatic carbocycles. The van der Waals surface area contributed by atoms with Gasteiger partial charge in [0, 0.05) is 5.22 Å². The standard InChI is InChI=1S/C13H14/c1-2-5-11-8-9-12-6-3-4-7-13(12)10-11/h3-4,6-7,9H,2,5,8H2,1H3. The van der Waals surface area contributed by atoms with Gasteiger partial charge in [-0.1, -0.05) is 37.6 Å². The fourth-order valence-electron chi connectivity index (χ4n) is 1.73. The van der Waals surface area contributed by atoms with E-state index in [4.69, 9.17) is 0 Å². The minimum absolute atomic E-state index is 1.09. The van der Waals surface area contributed by atoms with Crippen LogP contribution in [0, 0.1) is 0 Å². The second-order valence-electron chi connectivity index (χ2n) is 3.47. The van der Waals surface area contributed by atoms with Gasteiger partial charge in [0.05, 0.1) is 0 Å². The van der Waals surface area contributed by atoms with E-state index in [0.29, 0.717) is 0 Å². The molecule has 0 heterocycles. The summed E-state index contributed by atoms with van der Waals surface area (Å²) in [5, 5.41) is 2.60. The Balaban J connectivity index is 2.59. The lowest BCUT2D eigenvalue weighted by molar-refractivity contribution is 0.893. The zero-order valence-electron chi connectivity index (χ0n) is 8.01. The summed E-state index contributed by atoms with van der Waals surface area (Å²) >= 11 is 0. The van der Waals surface area contributed by atoms with E-state index >= 15 is 0 Å². The van der Waals surface area contributed by atoms with Crippen LogP contribution >= 0.6 is 0 Å². The van der Waals surface area contributed by atoms with Gasteiger partial charge in [-0.3, -0.25) is 0 Å². The van der Waals surface area contributed by atoms with E-state index in [2.05, 4.69) is 43.0 Å². The first-order valence-electron chi connectivity index (χ1n) is 4.94. The summed E-state index contributed by atoms with van der Waals surface area (Å²) in [6.45, 7) is 2.22. The van der Waals surface area contributed by atoms with E-state index in [1.165, 1.54) is 28.9 Å². The Morgan fingerprint density at radius 3 is 3.00 bits per heavy atom. The van der Waals surface area contributed by atoms with E-state index in [9.17, 15) is 0 Å². The predicted octanol–water partition coefficient (Wildman–Crippen LogP) is 1.98. The van der Waals surface area contributed by atoms with Crippen LogP contribution < -0.4 is 10.4 Å². The van der Waals surface area contributed by atoms with Crippen LogP contribution in [0.3, 0.4) is 0 Å². The first-order valence-corrected chi connectivity index (χ1v) is 4.94. The summed E-state index contributed by atoms with van der Waals surface area (Å²) in [6.07, 6.45) is 5.80. The molecule has 0 N–H and O–H groups in total. The first-order chi connectivity index (χ1) is 6.40. The molecular formula is C13H14. The van der Waals surface area contributed by atoms with E-state index < -0.39 is 0 Å². The molecule has 2 rings (SSSR count).